The maximum atomic E-state index is 11.1. The van der Waals surface area contributed by atoms with Gasteiger partial charge in [0, 0.05) is 46.7 Å². The van der Waals surface area contributed by atoms with E-state index in [9.17, 15) is 4.79 Å². The number of aliphatic carboxylic acids is 1. The van der Waals surface area contributed by atoms with Crippen molar-refractivity contribution in [3.05, 3.63) is 48.1 Å². The van der Waals surface area contributed by atoms with Crippen LogP contribution in [0.3, 0.4) is 0 Å². The first kappa shape index (κ1) is 15.2. The lowest BCUT2D eigenvalue weighted by Gasteiger charge is -2.08. The Hall–Kier alpha value is -2.67. The monoisotopic (exact) mass is 326 g/mol. The third-order valence-electron chi connectivity index (χ3n) is 3.34. The van der Waals surface area contributed by atoms with Gasteiger partial charge in [0.15, 0.2) is 0 Å². The number of pyridine rings is 1. The summed E-state index contributed by atoms with van der Waals surface area (Å²) < 4.78 is 0. The SMILES string of the molecule is CC(CC(=O)O)c1sc(-c2ccncc2)nc1-c1cncnc1. The highest BCUT2D eigenvalue weighted by Gasteiger charge is 2.21. The first-order chi connectivity index (χ1) is 11.1. The minimum Gasteiger partial charge on any atom is -0.481 e. The van der Waals surface area contributed by atoms with Crippen molar-refractivity contribution in [3.63, 3.8) is 0 Å². The van der Waals surface area contributed by atoms with Crippen LogP contribution in [-0.4, -0.2) is 31.0 Å². The summed E-state index contributed by atoms with van der Waals surface area (Å²) in [5.74, 6) is -0.970. The lowest BCUT2D eigenvalue weighted by atomic mass is 10.0. The Kier molecular flexibility index (Phi) is 4.38. The van der Waals surface area contributed by atoms with Gasteiger partial charge in [-0.2, -0.15) is 0 Å². The molecule has 0 aliphatic rings. The Bertz CT molecular complexity index is 805. The minimum atomic E-state index is -0.827. The van der Waals surface area contributed by atoms with E-state index in [-0.39, 0.29) is 12.3 Å². The molecule has 6 nitrogen and oxygen atoms in total. The molecule has 0 saturated carbocycles. The second-order valence-corrected chi connectivity index (χ2v) is 6.12. The summed E-state index contributed by atoms with van der Waals surface area (Å²) in [5.41, 5.74) is 2.49. The smallest absolute Gasteiger partial charge is 0.303 e. The van der Waals surface area contributed by atoms with E-state index in [0.29, 0.717) is 0 Å². The first-order valence-electron chi connectivity index (χ1n) is 7.03. The van der Waals surface area contributed by atoms with Crippen molar-refractivity contribution in [3.8, 4) is 21.8 Å². The van der Waals surface area contributed by atoms with Crippen LogP contribution in [0.25, 0.3) is 21.8 Å². The number of nitrogens with zero attached hydrogens (tertiary/aromatic N) is 4. The molecule has 0 aliphatic heterocycles. The van der Waals surface area contributed by atoms with Crippen LogP contribution in [0.1, 0.15) is 24.1 Å². The molecule has 1 unspecified atom stereocenters. The normalized spacial score (nSPS) is 12.0. The second-order valence-electron chi connectivity index (χ2n) is 5.09. The van der Waals surface area contributed by atoms with E-state index in [1.807, 2.05) is 19.1 Å². The summed E-state index contributed by atoms with van der Waals surface area (Å²) in [6.45, 7) is 1.89. The summed E-state index contributed by atoms with van der Waals surface area (Å²) >= 11 is 1.50. The van der Waals surface area contributed by atoms with E-state index in [0.717, 1.165) is 26.7 Å². The van der Waals surface area contributed by atoms with Crippen LogP contribution >= 0.6 is 11.3 Å². The van der Waals surface area contributed by atoms with Gasteiger partial charge in [-0.15, -0.1) is 11.3 Å². The van der Waals surface area contributed by atoms with Crippen molar-refractivity contribution in [2.24, 2.45) is 0 Å². The third kappa shape index (κ3) is 3.40. The van der Waals surface area contributed by atoms with Gasteiger partial charge in [0.25, 0.3) is 0 Å². The average Bonchev–Trinajstić information content (AvgIpc) is 3.01. The second kappa shape index (κ2) is 6.62. The lowest BCUT2D eigenvalue weighted by molar-refractivity contribution is -0.137. The topological polar surface area (TPSA) is 88.9 Å². The highest BCUT2D eigenvalue weighted by atomic mass is 32.1. The fourth-order valence-corrected chi connectivity index (χ4v) is 3.41. The molecule has 3 rings (SSSR count). The van der Waals surface area contributed by atoms with Gasteiger partial charge in [-0.1, -0.05) is 6.92 Å². The Balaban J connectivity index is 2.09. The van der Waals surface area contributed by atoms with Crippen molar-refractivity contribution in [2.45, 2.75) is 19.3 Å². The molecule has 23 heavy (non-hydrogen) atoms. The fraction of sp³-hybridized carbons (Fsp3) is 0.188. The predicted octanol–water partition coefficient (Wildman–Crippen LogP) is 3.24. The van der Waals surface area contributed by atoms with Gasteiger partial charge in [-0.3, -0.25) is 9.78 Å². The zero-order valence-corrected chi connectivity index (χ0v) is 13.2. The van der Waals surface area contributed by atoms with E-state index >= 15 is 0 Å². The number of thiazole rings is 1. The van der Waals surface area contributed by atoms with Crippen LogP contribution in [0.4, 0.5) is 0 Å². The molecule has 0 spiro atoms. The lowest BCUT2D eigenvalue weighted by Crippen LogP contribution is -2.02. The fourth-order valence-electron chi connectivity index (χ4n) is 2.27. The molecule has 116 valence electrons. The summed E-state index contributed by atoms with van der Waals surface area (Å²) in [5, 5.41) is 9.91. The predicted molar refractivity (Wildman–Crippen MR) is 87.0 cm³/mol. The first-order valence-corrected chi connectivity index (χ1v) is 7.85. The van der Waals surface area contributed by atoms with Gasteiger partial charge in [-0.05, 0) is 12.1 Å². The van der Waals surface area contributed by atoms with E-state index in [1.165, 1.54) is 17.7 Å². The molecule has 7 heteroatoms. The molecule has 3 aromatic rings. The van der Waals surface area contributed by atoms with Crippen molar-refractivity contribution in [1.29, 1.82) is 0 Å². The molecule has 0 aromatic carbocycles. The number of carboxylic acid groups (broad SMARTS) is 1. The van der Waals surface area contributed by atoms with E-state index in [2.05, 4.69) is 15.0 Å². The number of hydrogen-bond acceptors (Lipinski definition) is 6. The molecule has 0 radical (unpaired) electrons. The third-order valence-corrected chi connectivity index (χ3v) is 4.68. The zero-order chi connectivity index (χ0) is 16.2. The molecule has 0 fully saturated rings. The van der Waals surface area contributed by atoms with Crippen molar-refractivity contribution >= 4 is 17.3 Å². The molecule has 3 aromatic heterocycles. The molecule has 1 atom stereocenters. The molecule has 0 saturated heterocycles. The zero-order valence-electron chi connectivity index (χ0n) is 12.4. The standard InChI is InChI=1S/C16H14N4O2S/c1-10(6-13(21)22)15-14(12-7-18-9-19-8-12)20-16(23-15)11-2-4-17-5-3-11/h2-5,7-10H,6H2,1H3,(H,21,22). The van der Waals surface area contributed by atoms with Gasteiger partial charge < -0.3 is 5.11 Å². The summed E-state index contributed by atoms with van der Waals surface area (Å²) in [4.78, 5) is 28.8. The molecule has 0 bridgehead atoms. The van der Waals surface area contributed by atoms with Gasteiger partial charge in [-0.25, -0.2) is 15.0 Å². The molecule has 3 heterocycles. The van der Waals surface area contributed by atoms with Crippen LogP contribution in [0.2, 0.25) is 0 Å². The average molecular weight is 326 g/mol. The van der Waals surface area contributed by atoms with Crippen molar-refractivity contribution in [2.75, 3.05) is 0 Å². The summed E-state index contributed by atoms with van der Waals surface area (Å²) in [6, 6.07) is 3.77. The van der Waals surface area contributed by atoms with Gasteiger partial charge >= 0.3 is 5.97 Å². The molecular formula is C16H14N4O2S. The maximum Gasteiger partial charge on any atom is 0.303 e. The largest absolute Gasteiger partial charge is 0.481 e. The Morgan fingerprint density at radius 3 is 2.52 bits per heavy atom. The van der Waals surface area contributed by atoms with E-state index in [4.69, 9.17) is 10.1 Å². The van der Waals surface area contributed by atoms with Crippen LogP contribution in [0, 0.1) is 0 Å². The molecule has 1 N–H and O–H groups in total. The highest BCUT2D eigenvalue weighted by molar-refractivity contribution is 7.15. The summed E-state index contributed by atoms with van der Waals surface area (Å²) in [6.07, 6.45) is 8.31. The van der Waals surface area contributed by atoms with Crippen molar-refractivity contribution in [1.82, 2.24) is 19.9 Å². The minimum absolute atomic E-state index is 0.0542. The molecule has 0 amide bonds. The highest BCUT2D eigenvalue weighted by Crippen LogP contribution is 2.38. The van der Waals surface area contributed by atoms with Gasteiger partial charge in [0.05, 0.1) is 12.1 Å². The van der Waals surface area contributed by atoms with E-state index in [1.54, 1.807) is 24.8 Å². The maximum absolute atomic E-state index is 11.1. The quantitative estimate of drug-likeness (QED) is 0.774. The number of rotatable bonds is 5. The van der Waals surface area contributed by atoms with Crippen LogP contribution in [0.5, 0.6) is 0 Å². The molecule has 0 aliphatic carbocycles. The number of hydrogen-bond donors (Lipinski definition) is 1. The molecular weight excluding hydrogens is 312 g/mol. The Labute approximate surface area is 136 Å². The van der Waals surface area contributed by atoms with Crippen LogP contribution < -0.4 is 0 Å². The van der Waals surface area contributed by atoms with Gasteiger partial charge in [0.2, 0.25) is 0 Å². The Morgan fingerprint density at radius 1 is 1.17 bits per heavy atom. The van der Waals surface area contributed by atoms with Gasteiger partial charge in [0.1, 0.15) is 11.3 Å². The van der Waals surface area contributed by atoms with Crippen molar-refractivity contribution < 1.29 is 9.90 Å². The number of carboxylic acids is 1. The van der Waals surface area contributed by atoms with Crippen LogP contribution in [0.15, 0.2) is 43.2 Å². The number of carbonyl (C=O) groups is 1. The van der Waals surface area contributed by atoms with Crippen LogP contribution in [-0.2, 0) is 4.79 Å². The Morgan fingerprint density at radius 2 is 1.87 bits per heavy atom. The number of aromatic nitrogens is 4. The summed E-state index contributed by atoms with van der Waals surface area (Å²) in [7, 11) is 0. The van der Waals surface area contributed by atoms with E-state index < -0.39 is 5.97 Å².